The van der Waals surface area contributed by atoms with Crippen LogP contribution in [0.25, 0.3) is 0 Å². The number of carbonyl (C=O) groups is 1. The van der Waals surface area contributed by atoms with E-state index in [9.17, 15) is 4.79 Å². The number of aryl methyl sites for hydroxylation is 1. The number of benzene rings is 1. The van der Waals surface area contributed by atoms with E-state index < -0.39 is 5.97 Å². The van der Waals surface area contributed by atoms with Crippen molar-refractivity contribution in [2.75, 3.05) is 5.32 Å². The van der Waals surface area contributed by atoms with Crippen molar-refractivity contribution in [2.45, 2.75) is 13.5 Å². The van der Waals surface area contributed by atoms with Crippen LogP contribution in [0.15, 0.2) is 36.0 Å². The number of carboxylic acids is 1. The molecular weight excluding hydrogens is 458 g/mol. The molecule has 0 spiro atoms. The number of hydrogen-bond donors (Lipinski definition) is 2. The van der Waals surface area contributed by atoms with E-state index in [1.54, 1.807) is 6.92 Å². The van der Waals surface area contributed by atoms with E-state index in [1.165, 1.54) is 6.07 Å². The SMILES string of the molecule is Cc1oc(CNc2c(Br)cc(Br)cc2Br)cc1C(=O)O. The van der Waals surface area contributed by atoms with Crippen molar-refractivity contribution < 1.29 is 14.3 Å². The molecule has 0 saturated heterocycles. The Morgan fingerprint density at radius 2 is 1.85 bits per heavy atom. The molecule has 0 atom stereocenters. The highest BCUT2D eigenvalue weighted by molar-refractivity contribution is 9.11. The number of hydrogen-bond acceptors (Lipinski definition) is 3. The summed E-state index contributed by atoms with van der Waals surface area (Å²) in [5.74, 6) is -0.00615. The molecule has 0 saturated carbocycles. The molecule has 1 aromatic carbocycles. The second-order valence-corrected chi connectivity index (χ2v) is 6.71. The fraction of sp³-hybridized carbons (Fsp3) is 0.154. The second kappa shape index (κ2) is 6.32. The van der Waals surface area contributed by atoms with Crippen LogP contribution in [0, 0.1) is 6.92 Å². The van der Waals surface area contributed by atoms with Crippen LogP contribution in [0.1, 0.15) is 21.9 Å². The first-order valence-electron chi connectivity index (χ1n) is 5.59. The molecule has 7 heteroatoms. The molecule has 2 rings (SSSR count). The maximum absolute atomic E-state index is 11.0. The zero-order valence-corrected chi connectivity index (χ0v) is 15.1. The molecule has 0 aliphatic carbocycles. The molecule has 20 heavy (non-hydrogen) atoms. The van der Waals surface area contributed by atoms with E-state index >= 15 is 0 Å². The molecule has 0 radical (unpaired) electrons. The lowest BCUT2D eigenvalue weighted by Crippen LogP contribution is -2.00. The van der Waals surface area contributed by atoms with Gasteiger partial charge in [-0.05, 0) is 57.0 Å². The summed E-state index contributed by atoms with van der Waals surface area (Å²) < 4.78 is 8.14. The lowest BCUT2D eigenvalue weighted by Gasteiger charge is -2.10. The first-order valence-corrected chi connectivity index (χ1v) is 7.97. The maximum Gasteiger partial charge on any atom is 0.339 e. The fourth-order valence-corrected chi connectivity index (χ4v) is 4.27. The Morgan fingerprint density at radius 3 is 2.35 bits per heavy atom. The van der Waals surface area contributed by atoms with Gasteiger partial charge in [-0.1, -0.05) is 15.9 Å². The standard InChI is InChI=1S/C13H10Br3NO3/c1-6-9(13(18)19)4-8(20-6)5-17-12-10(15)2-7(14)3-11(12)16/h2-4,17H,5H2,1H3,(H,18,19). The van der Waals surface area contributed by atoms with Gasteiger partial charge in [-0.15, -0.1) is 0 Å². The van der Waals surface area contributed by atoms with E-state index in [1.807, 2.05) is 12.1 Å². The Morgan fingerprint density at radius 1 is 1.25 bits per heavy atom. The smallest absolute Gasteiger partial charge is 0.339 e. The molecule has 0 aliphatic heterocycles. The largest absolute Gasteiger partial charge is 0.478 e. The summed E-state index contributed by atoms with van der Waals surface area (Å²) in [6, 6.07) is 5.37. The number of anilines is 1. The minimum Gasteiger partial charge on any atom is -0.478 e. The van der Waals surface area contributed by atoms with Gasteiger partial charge in [0.25, 0.3) is 0 Å². The minimum atomic E-state index is -0.983. The fourth-order valence-electron chi connectivity index (χ4n) is 1.73. The average molecular weight is 468 g/mol. The van der Waals surface area contributed by atoms with Crippen molar-refractivity contribution >= 4 is 59.4 Å². The maximum atomic E-state index is 11.0. The van der Waals surface area contributed by atoms with Crippen molar-refractivity contribution in [3.8, 4) is 0 Å². The Bertz CT molecular complexity index is 644. The number of rotatable bonds is 4. The molecule has 2 N–H and O–H groups in total. The van der Waals surface area contributed by atoms with Crippen LogP contribution < -0.4 is 5.32 Å². The van der Waals surface area contributed by atoms with E-state index in [0.29, 0.717) is 18.1 Å². The molecular formula is C13H10Br3NO3. The Balaban J connectivity index is 2.17. The second-order valence-electron chi connectivity index (χ2n) is 4.09. The van der Waals surface area contributed by atoms with Crippen LogP contribution >= 0.6 is 47.8 Å². The van der Waals surface area contributed by atoms with Crippen molar-refractivity contribution in [3.63, 3.8) is 0 Å². The van der Waals surface area contributed by atoms with E-state index in [2.05, 4.69) is 53.1 Å². The molecule has 2 aromatic rings. The van der Waals surface area contributed by atoms with Crippen LogP contribution in [-0.4, -0.2) is 11.1 Å². The van der Waals surface area contributed by atoms with Crippen molar-refractivity contribution in [1.29, 1.82) is 0 Å². The molecule has 1 aromatic heterocycles. The zero-order valence-electron chi connectivity index (χ0n) is 10.3. The summed E-state index contributed by atoms with van der Waals surface area (Å²) in [4.78, 5) is 11.0. The lowest BCUT2D eigenvalue weighted by atomic mass is 10.2. The van der Waals surface area contributed by atoms with Crippen LogP contribution in [-0.2, 0) is 6.54 Å². The Labute approximate surface area is 140 Å². The zero-order chi connectivity index (χ0) is 14.9. The van der Waals surface area contributed by atoms with Gasteiger partial charge in [0.1, 0.15) is 17.1 Å². The van der Waals surface area contributed by atoms with E-state index in [-0.39, 0.29) is 5.56 Å². The number of carboxylic acid groups (broad SMARTS) is 1. The molecule has 1 heterocycles. The predicted octanol–water partition coefficient (Wildman–Crippen LogP) is 5.19. The topological polar surface area (TPSA) is 62.5 Å². The highest BCUT2D eigenvalue weighted by atomic mass is 79.9. The number of halogens is 3. The van der Waals surface area contributed by atoms with Gasteiger partial charge in [0.05, 0.1) is 12.2 Å². The van der Waals surface area contributed by atoms with Crippen LogP contribution in [0.4, 0.5) is 5.69 Å². The third-order valence-corrected chi connectivity index (χ3v) is 4.35. The van der Waals surface area contributed by atoms with Gasteiger partial charge in [-0.25, -0.2) is 4.79 Å². The molecule has 0 amide bonds. The number of nitrogens with one attached hydrogen (secondary N) is 1. The Hall–Kier alpha value is -0.790. The highest BCUT2D eigenvalue weighted by Crippen LogP contribution is 2.34. The normalized spacial score (nSPS) is 10.6. The average Bonchev–Trinajstić information content (AvgIpc) is 2.69. The van der Waals surface area contributed by atoms with Crippen LogP contribution in [0.2, 0.25) is 0 Å². The van der Waals surface area contributed by atoms with Gasteiger partial charge in [-0.2, -0.15) is 0 Å². The van der Waals surface area contributed by atoms with Gasteiger partial charge in [-0.3, -0.25) is 0 Å². The van der Waals surface area contributed by atoms with Gasteiger partial charge in [0.2, 0.25) is 0 Å². The summed E-state index contributed by atoms with van der Waals surface area (Å²) in [5.41, 5.74) is 1.06. The van der Waals surface area contributed by atoms with Crippen LogP contribution in [0.3, 0.4) is 0 Å². The number of aromatic carboxylic acids is 1. The third-order valence-electron chi connectivity index (χ3n) is 2.65. The number of furan rings is 1. The lowest BCUT2D eigenvalue weighted by molar-refractivity contribution is 0.0695. The first kappa shape index (κ1) is 15.6. The first-order chi connectivity index (χ1) is 9.38. The summed E-state index contributed by atoms with van der Waals surface area (Å²) in [5, 5.41) is 12.2. The molecule has 0 bridgehead atoms. The van der Waals surface area contributed by atoms with Gasteiger partial charge < -0.3 is 14.8 Å². The molecule has 0 unspecified atom stereocenters. The molecule has 4 nitrogen and oxygen atoms in total. The molecule has 0 fully saturated rings. The quantitative estimate of drug-likeness (QED) is 0.650. The van der Waals surface area contributed by atoms with E-state index in [4.69, 9.17) is 9.52 Å². The summed E-state index contributed by atoms with van der Waals surface area (Å²) in [6.07, 6.45) is 0. The van der Waals surface area contributed by atoms with Crippen molar-refractivity contribution in [2.24, 2.45) is 0 Å². The predicted molar refractivity (Wildman–Crippen MR) is 87.3 cm³/mol. The van der Waals surface area contributed by atoms with Gasteiger partial charge >= 0.3 is 5.97 Å². The minimum absolute atomic E-state index is 0.190. The van der Waals surface area contributed by atoms with Gasteiger partial charge in [0.15, 0.2) is 0 Å². The monoisotopic (exact) mass is 465 g/mol. The molecule has 0 aliphatic rings. The van der Waals surface area contributed by atoms with Crippen molar-refractivity contribution in [3.05, 3.63) is 48.7 Å². The van der Waals surface area contributed by atoms with E-state index in [0.717, 1.165) is 19.1 Å². The Kier molecular flexibility index (Phi) is 4.93. The summed E-state index contributed by atoms with van der Waals surface area (Å²) >= 11 is 10.3. The summed E-state index contributed by atoms with van der Waals surface area (Å²) in [6.45, 7) is 2.03. The molecule has 106 valence electrons. The third kappa shape index (κ3) is 3.45. The highest BCUT2D eigenvalue weighted by Gasteiger charge is 2.14. The van der Waals surface area contributed by atoms with Gasteiger partial charge in [0, 0.05) is 13.4 Å². The van der Waals surface area contributed by atoms with Crippen LogP contribution in [0.5, 0.6) is 0 Å². The van der Waals surface area contributed by atoms with Crippen molar-refractivity contribution in [1.82, 2.24) is 0 Å². The summed E-state index contributed by atoms with van der Waals surface area (Å²) in [7, 11) is 0.